The van der Waals surface area contributed by atoms with Crippen molar-refractivity contribution in [2.24, 2.45) is 0 Å². The van der Waals surface area contributed by atoms with Gasteiger partial charge >= 0.3 is 0 Å². The first-order chi connectivity index (χ1) is 19.1. The van der Waals surface area contributed by atoms with Gasteiger partial charge in [-0.1, -0.05) is 41.4 Å². The molecule has 0 bridgehead atoms. The number of hydrogen-bond donors (Lipinski definition) is 0. The largest absolute Gasteiger partial charge is 0.496 e. The summed E-state index contributed by atoms with van der Waals surface area (Å²) in [5.74, 6) is 1.04. The summed E-state index contributed by atoms with van der Waals surface area (Å²) < 4.78 is 7.84. The molecule has 4 aromatic rings. The summed E-state index contributed by atoms with van der Waals surface area (Å²) in [5.41, 5.74) is 6.10. The predicted molar refractivity (Wildman–Crippen MR) is 158 cm³/mol. The SMILES string of the molecule is COc1ccc(CC(=O)N(C)C)cc1-c1nc2c(n1C(C)C)C1c3ccc(Cl)cc3-c3c(Cl)cccc3N1C2=O. The quantitative estimate of drug-likeness (QED) is 0.262. The Kier molecular flexibility index (Phi) is 6.39. The van der Waals surface area contributed by atoms with Crippen LogP contribution in [0.3, 0.4) is 0 Å². The Morgan fingerprint density at radius 3 is 2.55 bits per heavy atom. The molecule has 204 valence electrons. The van der Waals surface area contributed by atoms with E-state index in [-0.39, 0.29) is 24.3 Å². The van der Waals surface area contributed by atoms with Gasteiger partial charge in [-0.2, -0.15) is 0 Å². The molecule has 0 saturated heterocycles. The standard InChI is InChI=1S/C31H28Cl2N4O3/c1-16(2)36-29-27(34-30(36)21-13-17(9-12-24(21)40-5)14-25(38)35(3)4)31(39)37-23-8-6-7-22(33)26(23)20-15-18(32)10-11-19(20)28(29)37/h6-13,15-16,28H,14H2,1-5H3. The third-order valence-corrected chi connectivity index (χ3v) is 8.14. The van der Waals surface area contributed by atoms with Crippen molar-refractivity contribution in [1.82, 2.24) is 14.5 Å². The molecule has 9 heteroatoms. The lowest BCUT2D eigenvalue weighted by atomic mass is 9.88. The van der Waals surface area contributed by atoms with E-state index in [1.165, 1.54) is 0 Å². The highest BCUT2D eigenvalue weighted by Gasteiger charge is 2.48. The molecule has 1 atom stereocenters. The molecular formula is C31H28Cl2N4O3. The normalized spacial score (nSPS) is 15.1. The van der Waals surface area contributed by atoms with Crippen LogP contribution in [0.15, 0.2) is 54.6 Å². The highest BCUT2D eigenvalue weighted by Crippen LogP contribution is 2.55. The number of nitrogens with zero attached hydrogens (tertiary/aromatic N) is 4. The van der Waals surface area contributed by atoms with E-state index < -0.39 is 6.04 Å². The average molecular weight is 575 g/mol. The summed E-state index contributed by atoms with van der Waals surface area (Å²) in [6.07, 6.45) is 0.243. The number of carbonyl (C=O) groups excluding carboxylic acids is 2. The number of ether oxygens (including phenoxy) is 1. The monoisotopic (exact) mass is 574 g/mol. The van der Waals surface area contributed by atoms with Crippen molar-refractivity contribution in [3.05, 3.63) is 87.2 Å². The molecular weight excluding hydrogens is 547 g/mol. The minimum absolute atomic E-state index is 0.00793. The number of anilines is 1. The highest BCUT2D eigenvalue weighted by molar-refractivity contribution is 6.35. The summed E-state index contributed by atoms with van der Waals surface area (Å²) >= 11 is 13.1. The van der Waals surface area contributed by atoms with Crippen LogP contribution >= 0.6 is 23.2 Å². The fraction of sp³-hybridized carbons (Fsp3) is 0.258. The van der Waals surface area contributed by atoms with Crippen LogP contribution in [-0.2, 0) is 11.2 Å². The smallest absolute Gasteiger partial charge is 0.279 e. The second kappa shape index (κ2) is 9.68. The van der Waals surface area contributed by atoms with Gasteiger partial charge in [-0.15, -0.1) is 0 Å². The van der Waals surface area contributed by atoms with Crippen LogP contribution in [0.25, 0.3) is 22.5 Å². The van der Waals surface area contributed by atoms with Gasteiger partial charge in [0.2, 0.25) is 5.91 Å². The van der Waals surface area contributed by atoms with Crippen LogP contribution < -0.4 is 9.64 Å². The van der Waals surface area contributed by atoms with E-state index in [1.54, 1.807) is 31.0 Å². The number of methoxy groups -OCH3 is 1. The number of aromatic nitrogens is 2. The molecule has 0 spiro atoms. The molecule has 2 aliphatic rings. The van der Waals surface area contributed by atoms with E-state index in [1.807, 2.05) is 54.6 Å². The molecule has 0 fully saturated rings. The number of carbonyl (C=O) groups is 2. The number of imidazole rings is 1. The van der Waals surface area contributed by atoms with Crippen LogP contribution in [0.2, 0.25) is 10.0 Å². The van der Waals surface area contributed by atoms with Gasteiger partial charge in [0.05, 0.1) is 35.5 Å². The fourth-order valence-electron chi connectivity index (χ4n) is 5.80. The number of rotatable bonds is 5. The molecule has 6 rings (SSSR count). The van der Waals surface area contributed by atoms with Gasteiger partial charge in [0, 0.05) is 30.7 Å². The Labute approximate surface area is 242 Å². The number of hydrogen-bond acceptors (Lipinski definition) is 4. The zero-order valence-corrected chi connectivity index (χ0v) is 24.3. The van der Waals surface area contributed by atoms with Crippen molar-refractivity contribution in [3.8, 4) is 28.3 Å². The van der Waals surface area contributed by atoms with E-state index in [0.717, 1.165) is 39.2 Å². The average Bonchev–Trinajstić information content (AvgIpc) is 3.44. The van der Waals surface area contributed by atoms with Crippen LogP contribution in [0, 0.1) is 0 Å². The summed E-state index contributed by atoms with van der Waals surface area (Å²) in [6, 6.07) is 16.5. The Morgan fingerprint density at radius 1 is 1.07 bits per heavy atom. The molecule has 1 aromatic heterocycles. The predicted octanol–water partition coefficient (Wildman–Crippen LogP) is 6.81. The van der Waals surface area contributed by atoms with Gasteiger partial charge in [0.25, 0.3) is 5.91 Å². The van der Waals surface area contributed by atoms with Gasteiger partial charge in [-0.05, 0) is 66.9 Å². The third kappa shape index (κ3) is 3.91. The molecule has 0 aliphatic carbocycles. The first kappa shape index (κ1) is 26.4. The van der Waals surface area contributed by atoms with Crippen molar-refractivity contribution in [2.75, 3.05) is 26.1 Å². The van der Waals surface area contributed by atoms with Crippen molar-refractivity contribution < 1.29 is 14.3 Å². The number of likely N-dealkylation sites (N-methyl/N-ethyl adjacent to an activating group) is 1. The number of amides is 2. The second-order valence-corrected chi connectivity index (χ2v) is 11.4. The van der Waals surface area contributed by atoms with Gasteiger partial charge in [0.15, 0.2) is 5.69 Å². The lowest BCUT2D eigenvalue weighted by molar-refractivity contribution is -0.127. The number of benzene rings is 3. The van der Waals surface area contributed by atoms with E-state index in [0.29, 0.717) is 27.3 Å². The zero-order valence-electron chi connectivity index (χ0n) is 22.8. The Morgan fingerprint density at radius 2 is 1.85 bits per heavy atom. The molecule has 1 unspecified atom stereocenters. The Bertz CT molecular complexity index is 1710. The molecule has 0 N–H and O–H groups in total. The topological polar surface area (TPSA) is 67.7 Å². The first-order valence-corrected chi connectivity index (χ1v) is 13.8. The molecule has 2 aliphatic heterocycles. The maximum Gasteiger partial charge on any atom is 0.279 e. The summed E-state index contributed by atoms with van der Waals surface area (Å²) in [6.45, 7) is 4.14. The lowest BCUT2D eigenvalue weighted by Gasteiger charge is -2.35. The zero-order chi connectivity index (χ0) is 28.5. The summed E-state index contributed by atoms with van der Waals surface area (Å²) in [5, 5.41) is 1.15. The van der Waals surface area contributed by atoms with Gasteiger partial charge < -0.3 is 14.2 Å². The second-order valence-electron chi connectivity index (χ2n) is 10.6. The lowest BCUT2D eigenvalue weighted by Crippen LogP contribution is -2.33. The maximum absolute atomic E-state index is 14.1. The highest BCUT2D eigenvalue weighted by atomic mass is 35.5. The molecule has 7 nitrogen and oxygen atoms in total. The fourth-order valence-corrected chi connectivity index (χ4v) is 6.24. The Hall–Kier alpha value is -3.81. The molecule has 0 saturated carbocycles. The van der Waals surface area contributed by atoms with Gasteiger partial charge in [-0.25, -0.2) is 4.98 Å². The van der Waals surface area contributed by atoms with Crippen LogP contribution in [0.4, 0.5) is 5.69 Å². The maximum atomic E-state index is 14.1. The van der Waals surface area contributed by atoms with Crippen molar-refractivity contribution in [3.63, 3.8) is 0 Å². The van der Waals surface area contributed by atoms with E-state index in [9.17, 15) is 9.59 Å². The molecule has 40 heavy (non-hydrogen) atoms. The van der Waals surface area contributed by atoms with Crippen LogP contribution in [-0.4, -0.2) is 47.5 Å². The van der Waals surface area contributed by atoms with Gasteiger partial charge in [-0.3, -0.25) is 14.5 Å². The minimum atomic E-state index is -0.408. The third-order valence-electron chi connectivity index (χ3n) is 7.59. The van der Waals surface area contributed by atoms with Crippen molar-refractivity contribution in [1.29, 1.82) is 0 Å². The number of halogens is 2. The van der Waals surface area contributed by atoms with E-state index >= 15 is 0 Å². The minimum Gasteiger partial charge on any atom is -0.496 e. The van der Waals surface area contributed by atoms with Crippen LogP contribution in [0.1, 0.15) is 53.2 Å². The molecule has 3 heterocycles. The molecule has 3 aromatic carbocycles. The number of fused-ring (bicyclic) bond motifs is 8. The Balaban J connectivity index is 1.59. The van der Waals surface area contributed by atoms with Crippen molar-refractivity contribution in [2.45, 2.75) is 32.4 Å². The molecule has 2 amide bonds. The molecule has 0 radical (unpaired) electrons. The van der Waals surface area contributed by atoms with Gasteiger partial charge in [0.1, 0.15) is 17.6 Å². The van der Waals surface area contributed by atoms with Crippen molar-refractivity contribution >= 4 is 40.7 Å². The summed E-state index contributed by atoms with van der Waals surface area (Å²) in [7, 11) is 5.08. The first-order valence-electron chi connectivity index (χ1n) is 13.0. The van der Waals surface area contributed by atoms with E-state index in [4.69, 9.17) is 32.9 Å². The van der Waals surface area contributed by atoms with Crippen LogP contribution in [0.5, 0.6) is 5.75 Å². The summed E-state index contributed by atoms with van der Waals surface area (Å²) in [4.78, 5) is 35.0. The van der Waals surface area contributed by atoms with E-state index in [2.05, 4.69) is 18.4 Å².